The normalized spacial score (nSPS) is 15.3. The summed E-state index contributed by atoms with van der Waals surface area (Å²) >= 11 is 5.94. The number of hydrogen-bond donors (Lipinski definition) is 1. The topological polar surface area (TPSA) is 72.7 Å². The summed E-state index contributed by atoms with van der Waals surface area (Å²) in [6.45, 7) is 0. The molecule has 1 amide bonds. The van der Waals surface area contributed by atoms with Crippen molar-refractivity contribution in [3.63, 3.8) is 0 Å². The van der Waals surface area contributed by atoms with Gasteiger partial charge in [-0.25, -0.2) is 9.07 Å². The van der Waals surface area contributed by atoms with Gasteiger partial charge in [0.1, 0.15) is 5.82 Å². The summed E-state index contributed by atoms with van der Waals surface area (Å²) in [5.41, 5.74) is -0.0680. The Bertz CT molecular complexity index is 969. The van der Waals surface area contributed by atoms with Crippen molar-refractivity contribution in [1.82, 2.24) is 19.7 Å². The molecule has 1 N–H and O–H groups in total. The van der Waals surface area contributed by atoms with Crippen molar-refractivity contribution in [2.24, 2.45) is 0 Å². The van der Waals surface area contributed by atoms with Gasteiger partial charge in [0.25, 0.3) is 0 Å². The number of carbonyl (C=O) groups excluding carboxylic acids is 1. The summed E-state index contributed by atoms with van der Waals surface area (Å²) in [4.78, 5) is 21.0. The number of halogens is 2. The number of nitrogens with zero attached hydrogens (tertiary/aromatic N) is 4. The molecule has 3 aromatic heterocycles. The number of amides is 1. The minimum Gasteiger partial charge on any atom is -0.308 e. The second-order valence-electron chi connectivity index (χ2n) is 6.23. The molecule has 0 atom stereocenters. The Kier molecular flexibility index (Phi) is 4.16. The van der Waals surface area contributed by atoms with Crippen molar-refractivity contribution >= 4 is 23.3 Å². The van der Waals surface area contributed by atoms with E-state index >= 15 is 0 Å². The van der Waals surface area contributed by atoms with Crippen molar-refractivity contribution < 1.29 is 9.18 Å². The van der Waals surface area contributed by atoms with Gasteiger partial charge in [-0.15, -0.1) is 0 Å². The summed E-state index contributed by atoms with van der Waals surface area (Å²) in [6, 6.07) is 6.23. The highest BCUT2D eigenvalue weighted by Gasteiger charge is 2.48. The molecule has 0 unspecified atom stereocenters. The fraction of sp³-hybridized carbons (Fsp3) is 0.222. The predicted molar refractivity (Wildman–Crippen MR) is 94.7 cm³/mol. The van der Waals surface area contributed by atoms with Gasteiger partial charge in [0.2, 0.25) is 5.91 Å². The summed E-state index contributed by atoms with van der Waals surface area (Å²) in [6.07, 6.45) is 8.31. The van der Waals surface area contributed by atoms with Gasteiger partial charge in [0, 0.05) is 24.7 Å². The molecular formula is C18H15ClFN5O. The molecule has 0 aromatic carbocycles. The van der Waals surface area contributed by atoms with Crippen molar-refractivity contribution in [3.8, 4) is 5.69 Å². The number of aromatic nitrogens is 4. The van der Waals surface area contributed by atoms with Crippen molar-refractivity contribution in [1.29, 1.82) is 0 Å². The van der Waals surface area contributed by atoms with E-state index in [1.54, 1.807) is 29.2 Å². The number of carbonyl (C=O) groups is 1. The molecule has 1 fully saturated rings. The molecule has 6 nitrogen and oxygen atoms in total. The van der Waals surface area contributed by atoms with Crippen LogP contribution in [0, 0.1) is 5.82 Å². The van der Waals surface area contributed by atoms with Crippen LogP contribution in [0.1, 0.15) is 25.0 Å². The van der Waals surface area contributed by atoms with E-state index in [-0.39, 0.29) is 11.6 Å². The van der Waals surface area contributed by atoms with Gasteiger partial charge in [-0.05, 0) is 31.0 Å². The average molecular weight is 372 g/mol. The van der Waals surface area contributed by atoms with E-state index in [1.165, 1.54) is 24.5 Å². The van der Waals surface area contributed by atoms with Crippen LogP contribution in [0.4, 0.5) is 10.2 Å². The van der Waals surface area contributed by atoms with Crippen LogP contribution in [0.25, 0.3) is 5.69 Å². The van der Waals surface area contributed by atoms with Crippen molar-refractivity contribution in [2.75, 3.05) is 5.32 Å². The van der Waals surface area contributed by atoms with Crippen LogP contribution in [0.15, 0.2) is 49.1 Å². The summed E-state index contributed by atoms with van der Waals surface area (Å²) in [7, 11) is 0. The standard InChI is InChI=1S/C18H15ClFN5O/c19-12-9-13(11-21-10-12)25-8-4-15(24-25)23-17(26)18(5-2-6-18)16-14(20)3-1-7-22-16/h1,3-4,7-11H,2,5-6H2,(H,23,24,26). The summed E-state index contributed by atoms with van der Waals surface area (Å²) in [5.74, 6) is -0.383. The lowest BCUT2D eigenvalue weighted by Gasteiger charge is -2.39. The second-order valence-corrected chi connectivity index (χ2v) is 6.67. The van der Waals surface area contributed by atoms with Crippen LogP contribution in [0.3, 0.4) is 0 Å². The molecule has 1 aliphatic carbocycles. The molecule has 0 spiro atoms. The molecule has 3 heterocycles. The highest BCUT2D eigenvalue weighted by Crippen LogP contribution is 2.44. The SMILES string of the molecule is O=C(Nc1ccn(-c2cncc(Cl)c2)n1)C1(c2ncccc2F)CCC1. The highest BCUT2D eigenvalue weighted by molar-refractivity contribution is 6.30. The van der Waals surface area contributed by atoms with E-state index in [1.807, 2.05) is 0 Å². The molecule has 4 rings (SSSR count). The van der Waals surface area contributed by atoms with Crippen LogP contribution in [0.2, 0.25) is 5.02 Å². The molecule has 3 aromatic rings. The van der Waals surface area contributed by atoms with Crippen LogP contribution in [0.5, 0.6) is 0 Å². The number of hydrogen-bond acceptors (Lipinski definition) is 4. The van der Waals surface area contributed by atoms with Gasteiger partial charge in [-0.3, -0.25) is 14.8 Å². The molecule has 1 saturated carbocycles. The fourth-order valence-corrected chi connectivity index (χ4v) is 3.30. The maximum Gasteiger partial charge on any atom is 0.237 e. The minimum atomic E-state index is -0.938. The Hall–Kier alpha value is -2.80. The molecule has 0 aliphatic heterocycles. The zero-order chi connectivity index (χ0) is 18.1. The largest absolute Gasteiger partial charge is 0.308 e. The number of anilines is 1. The van der Waals surface area contributed by atoms with Crippen LogP contribution in [-0.2, 0) is 10.2 Å². The van der Waals surface area contributed by atoms with Crippen LogP contribution < -0.4 is 5.32 Å². The molecule has 1 aliphatic rings. The lowest BCUT2D eigenvalue weighted by Crippen LogP contribution is -2.47. The van der Waals surface area contributed by atoms with Gasteiger partial charge >= 0.3 is 0 Å². The first-order valence-corrected chi connectivity index (χ1v) is 8.55. The Morgan fingerprint density at radius 1 is 1.31 bits per heavy atom. The number of rotatable bonds is 4. The molecule has 26 heavy (non-hydrogen) atoms. The minimum absolute atomic E-state index is 0.197. The number of nitrogens with one attached hydrogen (secondary N) is 1. The van der Waals surface area contributed by atoms with Gasteiger partial charge in [-0.2, -0.15) is 5.10 Å². The summed E-state index contributed by atoms with van der Waals surface area (Å²) < 4.78 is 15.7. The Morgan fingerprint density at radius 2 is 2.15 bits per heavy atom. The Morgan fingerprint density at radius 3 is 2.85 bits per heavy atom. The first-order chi connectivity index (χ1) is 12.6. The third-order valence-corrected chi connectivity index (χ3v) is 4.85. The zero-order valence-corrected chi connectivity index (χ0v) is 14.4. The van der Waals surface area contributed by atoms with E-state index in [4.69, 9.17) is 11.6 Å². The predicted octanol–water partition coefficient (Wildman–Crippen LogP) is 3.52. The molecule has 132 valence electrons. The maximum atomic E-state index is 14.2. The molecule has 0 saturated heterocycles. The van der Waals surface area contributed by atoms with Crippen LogP contribution >= 0.6 is 11.6 Å². The lowest BCUT2D eigenvalue weighted by molar-refractivity contribution is -0.124. The van der Waals surface area contributed by atoms with Gasteiger partial charge < -0.3 is 5.32 Å². The van der Waals surface area contributed by atoms with E-state index in [0.29, 0.717) is 29.4 Å². The highest BCUT2D eigenvalue weighted by atomic mass is 35.5. The van der Waals surface area contributed by atoms with Gasteiger partial charge in [0.05, 0.1) is 28.0 Å². The monoisotopic (exact) mass is 371 g/mol. The lowest BCUT2D eigenvalue weighted by atomic mass is 9.65. The van der Waals surface area contributed by atoms with Gasteiger partial charge in [-0.1, -0.05) is 18.0 Å². The number of pyridine rings is 2. The molecule has 8 heteroatoms. The first-order valence-electron chi connectivity index (χ1n) is 8.17. The first kappa shape index (κ1) is 16.7. The maximum absolute atomic E-state index is 14.2. The Balaban J connectivity index is 1.58. The third kappa shape index (κ3) is 2.84. The third-order valence-electron chi connectivity index (χ3n) is 4.64. The zero-order valence-electron chi connectivity index (χ0n) is 13.7. The second kappa shape index (κ2) is 6.49. The molecular weight excluding hydrogens is 357 g/mol. The molecule has 0 radical (unpaired) electrons. The average Bonchev–Trinajstić information content (AvgIpc) is 3.04. The van der Waals surface area contributed by atoms with E-state index in [2.05, 4.69) is 20.4 Å². The van der Waals surface area contributed by atoms with Crippen molar-refractivity contribution in [3.05, 3.63) is 65.6 Å². The van der Waals surface area contributed by atoms with E-state index in [0.717, 1.165) is 6.42 Å². The van der Waals surface area contributed by atoms with Crippen LogP contribution in [-0.4, -0.2) is 25.7 Å². The van der Waals surface area contributed by atoms with E-state index < -0.39 is 11.2 Å². The molecule has 0 bridgehead atoms. The quantitative estimate of drug-likeness (QED) is 0.761. The smallest absolute Gasteiger partial charge is 0.237 e. The van der Waals surface area contributed by atoms with Gasteiger partial charge in [0.15, 0.2) is 5.82 Å². The van der Waals surface area contributed by atoms with E-state index in [9.17, 15) is 9.18 Å². The van der Waals surface area contributed by atoms with Crippen molar-refractivity contribution in [2.45, 2.75) is 24.7 Å². The Labute approximate surface area is 154 Å². The summed E-state index contributed by atoms with van der Waals surface area (Å²) in [5, 5.41) is 7.59. The fourth-order valence-electron chi connectivity index (χ4n) is 3.14.